The highest BCUT2D eigenvalue weighted by atomic mass is 32.2. The fourth-order valence-corrected chi connectivity index (χ4v) is 8.60. The van der Waals surface area contributed by atoms with Gasteiger partial charge in [0.05, 0.1) is 10.6 Å². The molecule has 35 heavy (non-hydrogen) atoms. The number of hydrogen-bond donors (Lipinski definition) is 0. The molecular formula is C25H34N4O4S2. The van der Waals surface area contributed by atoms with Crippen molar-refractivity contribution in [3.05, 3.63) is 24.3 Å². The van der Waals surface area contributed by atoms with Gasteiger partial charge in [0.15, 0.2) is 0 Å². The van der Waals surface area contributed by atoms with Crippen LogP contribution in [0.4, 0.5) is 0 Å². The molecule has 190 valence electrons. The van der Waals surface area contributed by atoms with Crippen LogP contribution in [-0.2, 0) is 14.8 Å². The number of carbonyl (C=O) groups is 1. The van der Waals surface area contributed by atoms with Crippen LogP contribution in [0.2, 0.25) is 0 Å². The third-order valence-electron chi connectivity index (χ3n) is 7.49. The summed E-state index contributed by atoms with van der Waals surface area (Å²) in [6.07, 6.45) is 6.10. The van der Waals surface area contributed by atoms with E-state index in [2.05, 4.69) is 31.0 Å². The van der Waals surface area contributed by atoms with Crippen LogP contribution in [0, 0.1) is 10.8 Å². The fourth-order valence-electron chi connectivity index (χ4n) is 6.39. The minimum atomic E-state index is -3.55. The standard InChI is InChI=1S/C25H34N4O4S2/c1-24(2)13-19-14-25(3,16-24)17-29(19)21(30)15-34-23-27-26-22(33-23)18-8-7-9-20(12-18)35(31,32)28-10-5-4-6-11-28/h7-9,12,19H,4-6,10-11,13-17H2,1-3H3/t19-,25+/m0/s1. The molecule has 1 saturated carbocycles. The third kappa shape index (κ3) is 5.15. The number of benzene rings is 1. The highest BCUT2D eigenvalue weighted by Gasteiger charge is 2.50. The molecule has 0 radical (unpaired) electrons. The van der Waals surface area contributed by atoms with Crippen molar-refractivity contribution < 1.29 is 17.6 Å². The van der Waals surface area contributed by atoms with Crippen LogP contribution in [0.3, 0.4) is 0 Å². The van der Waals surface area contributed by atoms with Crippen LogP contribution in [0.25, 0.3) is 11.5 Å². The summed E-state index contributed by atoms with van der Waals surface area (Å²) >= 11 is 1.24. The number of amides is 1. The van der Waals surface area contributed by atoms with Gasteiger partial charge in [-0.25, -0.2) is 8.42 Å². The maximum absolute atomic E-state index is 13.0. The van der Waals surface area contributed by atoms with E-state index in [9.17, 15) is 13.2 Å². The first-order valence-corrected chi connectivity index (χ1v) is 14.8. The number of piperidine rings is 1. The van der Waals surface area contributed by atoms with Crippen molar-refractivity contribution in [1.82, 2.24) is 19.4 Å². The van der Waals surface area contributed by atoms with Crippen LogP contribution in [-0.4, -0.2) is 65.2 Å². The second kappa shape index (κ2) is 9.19. The van der Waals surface area contributed by atoms with Crippen molar-refractivity contribution in [3.63, 3.8) is 0 Å². The molecule has 3 heterocycles. The highest BCUT2D eigenvalue weighted by Crippen LogP contribution is 2.52. The maximum atomic E-state index is 13.0. The molecule has 1 amide bonds. The SMILES string of the molecule is CC1(C)C[C@H]2C[C@@](C)(CN2C(=O)CSc2nnc(-c3cccc(S(=O)(=O)N4CCCCC4)c3)o2)C1. The highest BCUT2D eigenvalue weighted by molar-refractivity contribution is 7.99. The predicted molar refractivity (Wildman–Crippen MR) is 134 cm³/mol. The Hall–Kier alpha value is -1.91. The Labute approximate surface area is 211 Å². The Morgan fingerprint density at radius 2 is 1.91 bits per heavy atom. The number of fused-ring (bicyclic) bond motifs is 2. The molecule has 1 aromatic heterocycles. The van der Waals surface area contributed by atoms with E-state index in [1.165, 1.54) is 11.8 Å². The second-order valence-electron chi connectivity index (χ2n) is 11.4. The Morgan fingerprint density at radius 1 is 1.14 bits per heavy atom. The van der Waals surface area contributed by atoms with Crippen LogP contribution in [0.15, 0.2) is 38.8 Å². The van der Waals surface area contributed by atoms with Gasteiger partial charge in [-0.3, -0.25) is 4.79 Å². The first-order chi connectivity index (χ1) is 16.5. The Bertz CT molecular complexity index is 1210. The number of nitrogens with zero attached hydrogens (tertiary/aromatic N) is 4. The molecule has 0 unspecified atom stereocenters. The lowest BCUT2D eigenvalue weighted by molar-refractivity contribution is -0.129. The fraction of sp³-hybridized carbons (Fsp3) is 0.640. The zero-order valence-electron chi connectivity index (χ0n) is 20.7. The van der Waals surface area contributed by atoms with Crippen molar-refractivity contribution in [1.29, 1.82) is 0 Å². The van der Waals surface area contributed by atoms with E-state index in [0.29, 0.717) is 29.9 Å². The van der Waals surface area contributed by atoms with E-state index in [-0.39, 0.29) is 33.3 Å². The normalized spacial score (nSPS) is 26.7. The van der Waals surface area contributed by atoms with Gasteiger partial charge < -0.3 is 9.32 Å². The molecule has 0 spiro atoms. The van der Waals surface area contributed by atoms with Gasteiger partial charge in [0.25, 0.3) is 5.22 Å². The lowest BCUT2D eigenvalue weighted by Gasteiger charge is -2.39. The third-order valence-corrected chi connectivity index (χ3v) is 10.2. The molecule has 2 aromatic rings. The summed E-state index contributed by atoms with van der Waals surface area (Å²) in [6.45, 7) is 8.81. The minimum Gasteiger partial charge on any atom is -0.411 e. The molecule has 1 aliphatic carbocycles. The van der Waals surface area contributed by atoms with Gasteiger partial charge in [0, 0.05) is 31.2 Å². The van der Waals surface area contributed by atoms with Gasteiger partial charge in [-0.2, -0.15) is 4.31 Å². The molecule has 0 N–H and O–H groups in total. The van der Waals surface area contributed by atoms with E-state index in [1.54, 1.807) is 28.6 Å². The largest absolute Gasteiger partial charge is 0.411 e. The summed E-state index contributed by atoms with van der Waals surface area (Å²) in [6, 6.07) is 6.95. The molecule has 2 saturated heterocycles. The Morgan fingerprint density at radius 3 is 2.69 bits per heavy atom. The predicted octanol–water partition coefficient (Wildman–Crippen LogP) is 4.43. The quantitative estimate of drug-likeness (QED) is 0.522. The number of rotatable bonds is 6. The molecule has 8 nitrogen and oxygen atoms in total. The van der Waals surface area contributed by atoms with Crippen molar-refractivity contribution in [3.8, 4) is 11.5 Å². The van der Waals surface area contributed by atoms with Crippen LogP contribution in [0.5, 0.6) is 0 Å². The summed E-state index contributed by atoms with van der Waals surface area (Å²) in [5, 5.41) is 8.51. The van der Waals surface area contributed by atoms with Gasteiger partial charge in [0.2, 0.25) is 21.8 Å². The van der Waals surface area contributed by atoms with E-state index in [1.807, 2.05) is 4.90 Å². The summed E-state index contributed by atoms with van der Waals surface area (Å²) < 4.78 is 33.4. The van der Waals surface area contributed by atoms with Gasteiger partial charge in [-0.05, 0) is 61.1 Å². The van der Waals surface area contributed by atoms with Crippen molar-refractivity contribution >= 4 is 27.7 Å². The van der Waals surface area contributed by atoms with E-state index in [4.69, 9.17) is 4.42 Å². The molecule has 5 rings (SSSR count). The first-order valence-electron chi connectivity index (χ1n) is 12.4. The van der Waals surface area contributed by atoms with Crippen LogP contribution >= 0.6 is 11.8 Å². The minimum absolute atomic E-state index is 0.107. The monoisotopic (exact) mass is 518 g/mol. The number of aromatic nitrogens is 2. The smallest absolute Gasteiger partial charge is 0.277 e. The second-order valence-corrected chi connectivity index (χ2v) is 14.3. The summed E-state index contributed by atoms with van der Waals surface area (Å²) in [7, 11) is -3.55. The Balaban J connectivity index is 1.24. The van der Waals surface area contributed by atoms with Crippen LogP contribution in [0.1, 0.15) is 59.3 Å². The molecule has 2 bridgehead atoms. The zero-order valence-corrected chi connectivity index (χ0v) is 22.3. The van der Waals surface area contributed by atoms with Gasteiger partial charge in [-0.15, -0.1) is 10.2 Å². The van der Waals surface area contributed by atoms with E-state index >= 15 is 0 Å². The van der Waals surface area contributed by atoms with Gasteiger partial charge in [0.1, 0.15) is 0 Å². The number of carbonyl (C=O) groups excluding carboxylic acids is 1. The average Bonchev–Trinajstić information content (AvgIpc) is 3.39. The summed E-state index contributed by atoms with van der Waals surface area (Å²) in [5.74, 6) is 0.607. The topological polar surface area (TPSA) is 96.6 Å². The summed E-state index contributed by atoms with van der Waals surface area (Å²) in [5.41, 5.74) is 1.01. The molecule has 2 atom stereocenters. The molecule has 10 heteroatoms. The number of likely N-dealkylation sites (tertiary alicyclic amines) is 1. The van der Waals surface area contributed by atoms with Crippen LogP contribution < -0.4 is 0 Å². The molecule has 2 aliphatic heterocycles. The van der Waals surface area contributed by atoms with Crippen molar-refractivity contribution in [2.45, 2.75) is 75.5 Å². The molecular weight excluding hydrogens is 484 g/mol. The van der Waals surface area contributed by atoms with E-state index in [0.717, 1.165) is 45.1 Å². The molecule has 1 aromatic carbocycles. The maximum Gasteiger partial charge on any atom is 0.277 e. The van der Waals surface area contributed by atoms with Crippen molar-refractivity contribution in [2.24, 2.45) is 10.8 Å². The molecule has 3 fully saturated rings. The zero-order chi connectivity index (χ0) is 24.8. The number of hydrogen-bond acceptors (Lipinski definition) is 7. The average molecular weight is 519 g/mol. The van der Waals surface area contributed by atoms with E-state index < -0.39 is 10.0 Å². The number of sulfonamides is 1. The summed E-state index contributed by atoms with van der Waals surface area (Å²) in [4.78, 5) is 15.3. The van der Waals surface area contributed by atoms with Gasteiger partial charge >= 0.3 is 0 Å². The van der Waals surface area contributed by atoms with Gasteiger partial charge in [-0.1, -0.05) is 45.0 Å². The Kier molecular flexibility index (Phi) is 6.51. The molecule has 3 aliphatic rings. The number of thioether (sulfide) groups is 1. The van der Waals surface area contributed by atoms with Crippen molar-refractivity contribution in [2.75, 3.05) is 25.4 Å². The first kappa shape index (κ1) is 24.8. The lowest BCUT2D eigenvalue weighted by atomic mass is 9.65. The lowest BCUT2D eigenvalue weighted by Crippen LogP contribution is -2.38.